The second kappa shape index (κ2) is 6.92. The first-order valence-corrected chi connectivity index (χ1v) is 8.40. The Morgan fingerprint density at radius 2 is 1.89 bits per heavy atom. The summed E-state index contributed by atoms with van der Waals surface area (Å²) < 4.78 is 5.62. The molecule has 4 rings (SSSR count). The molecule has 0 aliphatic carbocycles. The summed E-state index contributed by atoms with van der Waals surface area (Å²) in [5, 5.41) is 13.8. The number of nitro groups is 1. The van der Waals surface area contributed by atoms with E-state index in [4.69, 9.17) is 4.42 Å². The molecule has 4 aromatic rings. The molecular formula is C20H14N4O4. The predicted molar refractivity (Wildman–Crippen MR) is 103 cm³/mol. The quantitative estimate of drug-likeness (QED) is 0.420. The van der Waals surface area contributed by atoms with Crippen LogP contribution in [0, 0.1) is 17.0 Å². The number of hydrogen-bond donors (Lipinski definition) is 1. The molecule has 8 nitrogen and oxygen atoms in total. The first-order valence-electron chi connectivity index (χ1n) is 8.40. The second-order valence-corrected chi connectivity index (χ2v) is 6.08. The van der Waals surface area contributed by atoms with Gasteiger partial charge in [0.25, 0.3) is 11.6 Å². The van der Waals surface area contributed by atoms with E-state index in [1.54, 1.807) is 49.5 Å². The van der Waals surface area contributed by atoms with Crippen molar-refractivity contribution in [2.24, 2.45) is 0 Å². The Kier molecular flexibility index (Phi) is 4.29. The Bertz CT molecular complexity index is 1170. The number of nitrogens with zero attached hydrogens (tertiary/aromatic N) is 3. The molecule has 0 atom stereocenters. The molecule has 0 radical (unpaired) electrons. The Hall–Kier alpha value is -4.07. The first-order chi connectivity index (χ1) is 13.5. The van der Waals surface area contributed by atoms with Crippen LogP contribution in [0.25, 0.3) is 22.7 Å². The van der Waals surface area contributed by atoms with Crippen LogP contribution in [0.5, 0.6) is 0 Å². The minimum Gasteiger partial charge on any atom is -0.418 e. The maximum absolute atomic E-state index is 12.5. The standard InChI is InChI=1S/C20H14N4O4/c1-12-15(4-2-6-17(12)24(26)27)18(25)22-14-9-7-13(8-10-14)19-23-16-5-3-11-21-20(16)28-19/h2-11H,1H3,(H,22,25). The fourth-order valence-corrected chi connectivity index (χ4v) is 2.86. The summed E-state index contributed by atoms with van der Waals surface area (Å²) in [7, 11) is 0. The molecule has 2 aromatic carbocycles. The molecule has 28 heavy (non-hydrogen) atoms. The molecule has 2 heterocycles. The third kappa shape index (κ3) is 3.18. The molecule has 1 N–H and O–H groups in total. The number of hydrogen-bond acceptors (Lipinski definition) is 6. The van der Waals surface area contributed by atoms with Crippen molar-refractivity contribution >= 4 is 28.5 Å². The zero-order chi connectivity index (χ0) is 19.7. The van der Waals surface area contributed by atoms with Gasteiger partial charge in [-0.1, -0.05) is 6.07 Å². The molecule has 138 valence electrons. The molecule has 0 saturated carbocycles. The molecule has 0 spiro atoms. The van der Waals surface area contributed by atoms with Crippen molar-refractivity contribution in [3.63, 3.8) is 0 Å². The number of rotatable bonds is 4. The SMILES string of the molecule is Cc1c(C(=O)Nc2ccc(-c3nc4cccnc4o3)cc2)cccc1[N+](=O)[O-]. The van der Waals surface area contributed by atoms with Gasteiger partial charge in [0.05, 0.1) is 4.92 Å². The van der Waals surface area contributed by atoms with Crippen molar-refractivity contribution in [1.82, 2.24) is 9.97 Å². The Balaban J connectivity index is 1.56. The average Bonchev–Trinajstić information content (AvgIpc) is 3.12. The van der Waals surface area contributed by atoms with Gasteiger partial charge in [-0.15, -0.1) is 0 Å². The van der Waals surface area contributed by atoms with Gasteiger partial charge < -0.3 is 9.73 Å². The lowest BCUT2D eigenvalue weighted by Gasteiger charge is -2.08. The monoisotopic (exact) mass is 374 g/mol. The van der Waals surface area contributed by atoms with Gasteiger partial charge in [-0.2, -0.15) is 0 Å². The summed E-state index contributed by atoms with van der Waals surface area (Å²) in [4.78, 5) is 31.5. The highest BCUT2D eigenvalue weighted by atomic mass is 16.6. The fourth-order valence-electron chi connectivity index (χ4n) is 2.86. The number of aromatic nitrogens is 2. The number of anilines is 1. The van der Waals surface area contributed by atoms with Crippen molar-refractivity contribution < 1.29 is 14.1 Å². The van der Waals surface area contributed by atoms with Gasteiger partial charge in [-0.3, -0.25) is 14.9 Å². The molecule has 0 aliphatic heterocycles. The number of benzene rings is 2. The van der Waals surface area contributed by atoms with E-state index >= 15 is 0 Å². The van der Waals surface area contributed by atoms with Crippen molar-refractivity contribution in [3.8, 4) is 11.5 Å². The van der Waals surface area contributed by atoms with Gasteiger partial charge >= 0.3 is 0 Å². The van der Waals surface area contributed by atoms with Gasteiger partial charge in [0.2, 0.25) is 11.6 Å². The summed E-state index contributed by atoms with van der Waals surface area (Å²) in [6.07, 6.45) is 1.63. The summed E-state index contributed by atoms with van der Waals surface area (Å²) in [5.74, 6) is 0.0149. The smallest absolute Gasteiger partial charge is 0.273 e. The first kappa shape index (κ1) is 17.3. The van der Waals surface area contributed by atoms with Crippen LogP contribution in [0.15, 0.2) is 65.2 Å². The van der Waals surface area contributed by atoms with Gasteiger partial charge in [-0.05, 0) is 49.4 Å². The normalized spacial score (nSPS) is 10.8. The van der Waals surface area contributed by atoms with Crippen LogP contribution >= 0.6 is 0 Å². The zero-order valence-corrected chi connectivity index (χ0v) is 14.7. The average molecular weight is 374 g/mol. The lowest BCUT2D eigenvalue weighted by molar-refractivity contribution is -0.385. The summed E-state index contributed by atoms with van der Waals surface area (Å²) in [6.45, 7) is 1.55. The molecule has 8 heteroatoms. The number of fused-ring (bicyclic) bond motifs is 1. The van der Waals surface area contributed by atoms with E-state index in [2.05, 4.69) is 15.3 Å². The molecule has 1 amide bonds. The van der Waals surface area contributed by atoms with Gasteiger partial charge in [-0.25, -0.2) is 9.97 Å². The molecular weight excluding hydrogens is 360 g/mol. The number of oxazole rings is 1. The highest BCUT2D eigenvalue weighted by Crippen LogP contribution is 2.25. The van der Waals surface area contributed by atoms with E-state index in [1.165, 1.54) is 12.1 Å². The maximum Gasteiger partial charge on any atom is 0.273 e. The van der Waals surface area contributed by atoms with E-state index in [1.807, 2.05) is 6.07 Å². The van der Waals surface area contributed by atoms with E-state index < -0.39 is 10.8 Å². The zero-order valence-electron chi connectivity index (χ0n) is 14.7. The number of pyridine rings is 1. The summed E-state index contributed by atoms with van der Waals surface area (Å²) in [6, 6.07) is 15.0. The number of nitrogens with one attached hydrogen (secondary N) is 1. The summed E-state index contributed by atoms with van der Waals surface area (Å²) in [5.41, 5.74) is 2.89. The molecule has 0 bridgehead atoms. The molecule has 0 aliphatic rings. The second-order valence-electron chi connectivity index (χ2n) is 6.08. The third-order valence-corrected chi connectivity index (χ3v) is 4.30. The highest BCUT2D eigenvalue weighted by Gasteiger charge is 2.18. The maximum atomic E-state index is 12.5. The largest absolute Gasteiger partial charge is 0.418 e. The van der Waals surface area contributed by atoms with Crippen LogP contribution < -0.4 is 5.32 Å². The number of carbonyl (C=O) groups excluding carboxylic acids is 1. The lowest BCUT2D eigenvalue weighted by Crippen LogP contribution is -2.14. The van der Waals surface area contributed by atoms with Crippen molar-refractivity contribution in [2.45, 2.75) is 6.92 Å². The van der Waals surface area contributed by atoms with Gasteiger partial charge in [0.15, 0.2) is 0 Å². The Labute approximate surface area is 159 Å². The van der Waals surface area contributed by atoms with Crippen LogP contribution in [0.3, 0.4) is 0 Å². The minimum absolute atomic E-state index is 0.0902. The van der Waals surface area contributed by atoms with Crippen LogP contribution in [-0.4, -0.2) is 20.8 Å². The van der Waals surface area contributed by atoms with Crippen molar-refractivity contribution in [1.29, 1.82) is 0 Å². The number of amides is 1. The molecule has 0 unspecified atom stereocenters. The number of carbonyl (C=O) groups is 1. The van der Waals surface area contributed by atoms with Gasteiger partial charge in [0.1, 0.15) is 5.52 Å². The van der Waals surface area contributed by atoms with Crippen LogP contribution in [0.1, 0.15) is 15.9 Å². The third-order valence-electron chi connectivity index (χ3n) is 4.30. The van der Waals surface area contributed by atoms with Crippen LogP contribution in [0.2, 0.25) is 0 Å². The van der Waals surface area contributed by atoms with Crippen LogP contribution in [-0.2, 0) is 0 Å². The lowest BCUT2D eigenvalue weighted by atomic mass is 10.1. The summed E-state index contributed by atoms with van der Waals surface area (Å²) >= 11 is 0. The fraction of sp³-hybridized carbons (Fsp3) is 0.0500. The van der Waals surface area contributed by atoms with Crippen molar-refractivity contribution in [2.75, 3.05) is 5.32 Å². The van der Waals surface area contributed by atoms with Gasteiger partial charge in [0, 0.05) is 34.6 Å². The van der Waals surface area contributed by atoms with E-state index in [-0.39, 0.29) is 11.3 Å². The Morgan fingerprint density at radius 1 is 1.11 bits per heavy atom. The van der Waals surface area contributed by atoms with Crippen LogP contribution in [0.4, 0.5) is 11.4 Å². The van der Waals surface area contributed by atoms with E-state index in [0.29, 0.717) is 28.4 Å². The molecule has 0 fully saturated rings. The number of nitro benzene ring substituents is 1. The Morgan fingerprint density at radius 3 is 2.61 bits per heavy atom. The highest BCUT2D eigenvalue weighted by molar-refractivity contribution is 6.05. The van der Waals surface area contributed by atoms with E-state index in [0.717, 1.165) is 5.56 Å². The van der Waals surface area contributed by atoms with Crippen molar-refractivity contribution in [3.05, 3.63) is 82.0 Å². The minimum atomic E-state index is -0.504. The molecule has 0 saturated heterocycles. The predicted octanol–water partition coefficient (Wildman–Crippen LogP) is 4.36. The molecule has 2 aromatic heterocycles. The topological polar surface area (TPSA) is 111 Å². The van der Waals surface area contributed by atoms with E-state index in [9.17, 15) is 14.9 Å².